The summed E-state index contributed by atoms with van der Waals surface area (Å²) >= 11 is 3.37. The Hall–Kier alpha value is -1.69. The molecule has 0 radical (unpaired) electrons. The van der Waals surface area contributed by atoms with E-state index >= 15 is 0 Å². The van der Waals surface area contributed by atoms with E-state index < -0.39 is 6.23 Å². The lowest BCUT2D eigenvalue weighted by atomic mass is 10.1. The van der Waals surface area contributed by atoms with E-state index in [9.17, 15) is 9.90 Å². The lowest BCUT2D eigenvalue weighted by Crippen LogP contribution is -2.27. The Morgan fingerprint density at radius 1 is 1.09 bits per heavy atom. The van der Waals surface area contributed by atoms with Gasteiger partial charge in [-0.15, -0.1) is 0 Å². The van der Waals surface area contributed by atoms with Crippen LogP contribution in [0.5, 0.6) is 0 Å². The molecule has 4 nitrogen and oxygen atoms in total. The van der Waals surface area contributed by atoms with Gasteiger partial charge in [0.05, 0.1) is 6.42 Å². The third-order valence-corrected chi connectivity index (χ3v) is 3.86. The van der Waals surface area contributed by atoms with Crippen molar-refractivity contribution in [2.75, 3.05) is 6.54 Å². The van der Waals surface area contributed by atoms with E-state index in [-0.39, 0.29) is 5.91 Å². The quantitative estimate of drug-likeness (QED) is 0.690. The fraction of sp³-hybridized carbons (Fsp3) is 0.235. The third kappa shape index (κ3) is 5.26. The molecule has 4 N–H and O–H groups in total. The number of rotatable bonds is 6. The predicted octanol–water partition coefficient (Wildman–Crippen LogP) is 2.30. The Bertz CT molecular complexity index is 610. The molecule has 5 heteroatoms. The van der Waals surface area contributed by atoms with Crippen molar-refractivity contribution in [2.24, 2.45) is 5.73 Å². The first-order valence-corrected chi connectivity index (χ1v) is 7.87. The number of hydrogen-bond acceptors (Lipinski definition) is 3. The molecule has 1 unspecified atom stereocenters. The Kier molecular flexibility index (Phi) is 6.12. The van der Waals surface area contributed by atoms with Gasteiger partial charge < -0.3 is 16.2 Å². The fourth-order valence-electron chi connectivity index (χ4n) is 2.08. The van der Waals surface area contributed by atoms with Crippen molar-refractivity contribution >= 4 is 21.8 Å². The van der Waals surface area contributed by atoms with Crippen LogP contribution >= 0.6 is 15.9 Å². The highest BCUT2D eigenvalue weighted by Gasteiger charge is 2.04. The second-order valence-corrected chi connectivity index (χ2v) is 6.01. The van der Waals surface area contributed by atoms with Gasteiger partial charge >= 0.3 is 0 Å². The number of hydrogen-bond donors (Lipinski definition) is 3. The number of carbonyl (C=O) groups is 1. The molecule has 0 aliphatic heterocycles. The van der Waals surface area contributed by atoms with Crippen molar-refractivity contribution < 1.29 is 9.90 Å². The van der Waals surface area contributed by atoms with Crippen LogP contribution in [0.15, 0.2) is 53.0 Å². The van der Waals surface area contributed by atoms with Crippen LogP contribution < -0.4 is 11.1 Å². The zero-order valence-electron chi connectivity index (χ0n) is 12.1. The molecule has 0 spiro atoms. The summed E-state index contributed by atoms with van der Waals surface area (Å²) in [7, 11) is 0. The van der Waals surface area contributed by atoms with Crippen LogP contribution in [0, 0.1) is 0 Å². The van der Waals surface area contributed by atoms with Crippen molar-refractivity contribution in [1.82, 2.24) is 5.32 Å². The van der Waals surface area contributed by atoms with Gasteiger partial charge in [0.15, 0.2) is 0 Å². The van der Waals surface area contributed by atoms with Gasteiger partial charge in [-0.05, 0) is 35.2 Å². The van der Waals surface area contributed by atoms with Gasteiger partial charge in [-0.1, -0.05) is 52.3 Å². The molecule has 1 atom stereocenters. The van der Waals surface area contributed by atoms with Crippen LogP contribution in [0.2, 0.25) is 0 Å². The highest BCUT2D eigenvalue weighted by atomic mass is 79.9. The maximum atomic E-state index is 11.9. The number of carbonyl (C=O) groups excluding carboxylic acids is 1. The number of aliphatic hydroxyl groups is 1. The number of halogens is 1. The molecule has 0 aromatic heterocycles. The van der Waals surface area contributed by atoms with Crippen LogP contribution in [-0.4, -0.2) is 17.6 Å². The Morgan fingerprint density at radius 3 is 2.27 bits per heavy atom. The zero-order chi connectivity index (χ0) is 15.9. The van der Waals surface area contributed by atoms with E-state index in [0.717, 1.165) is 22.0 Å². The van der Waals surface area contributed by atoms with E-state index in [4.69, 9.17) is 5.73 Å². The lowest BCUT2D eigenvalue weighted by molar-refractivity contribution is -0.120. The van der Waals surface area contributed by atoms with Crippen molar-refractivity contribution in [3.63, 3.8) is 0 Å². The molecule has 22 heavy (non-hydrogen) atoms. The molecule has 116 valence electrons. The first kappa shape index (κ1) is 16.7. The summed E-state index contributed by atoms with van der Waals surface area (Å²) in [6.45, 7) is 0.583. The SMILES string of the molecule is NC(O)c1ccc(CCNC(=O)Cc2ccc(Br)cc2)cc1. The minimum atomic E-state index is -0.945. The molecule has 0 aliphatic rings. The average Bonchev–Trinajstić information content (AvgIpc) is 2.50. The number of benzene rings is 2. The van der Waals surface area contributed by atoms with Gasteiger partial charge in [-0.25, -0.2) is 0 Å². The summed E-state index contributed by atoms with van der Waals surface area (Å²) in [5.41, 5.74) is 8.14. The maximum Gasteiger partial charge on any atom is 0.224 e. The van der Waals surface area contributed by atoms with Gasteiger partial charge in [-0.3, -0.25) is 4.79 Å². The largest absolute Gasteiger partial charge is 0.375 e. The second kappa shape index (κ2) is 8.08. The number of amides is 1. The normalized spacial score (nSPS) is 12.0. The molecule has 0 heterocycles. The lowest BCUT2D eigenvalue weighted by Gasteiger charge is -2.08. The van der Waals surface area contributed by atoms with E-state index in [1.165, 1.54) is 0 Å². The van der Waals surface area contributed by atoms with Crippen molar-refractivity contribution in [3.05, 3.63) is 69.7 Å². The summed E-state index contributed by atoms with van der Waals surface area (Å²) < 4.78 is 1.00. The van der Waals surface area contributed by atoms with Crippen molar-refractivity contribution in [3.8, 4) is 0 Å². The third-order valence-electron chi connectivity index (χ3n) is 3.34. The fourth-order valence-corrected chi connectivity index (χ4v) is 2.34. The molecule has 2 aromatic carbocycles. The molecule has 2 aromatic rings. The highest BCUT2D eigenvalue weighted by molar-refractivity contribution is 9.10. The number of nitrogens with two attached hydrogens (primary N) is 1. The zero-order valence-corrected chi connectivity index (χ0v) is 13.7. The van der Waals surface area contributed by atoms with Gasteiger partial charge in [0.1, 0.15) is 6.23 Å². The average molecular weight is 363 g/mol. The molecule has 0 saturated carbocycles. The first-order chi connectivity index (χ1) is 10.5. The highest BCUT2D eigenvalue weighted by Crippen LogP contribution is 2.11. The standard InChI is InChI=1S/C17H19BrN2O2/c18-15-7-3-13(4-8-15)11-16(21)20-10-9-12-1-5-14(6-2-12)17(19)22/h1-8,17,22H,9-11,19H2,(H,20,21). The minimum Gasteiger partial charge on any atom is -0.375 e. The predicted molar refractivity (Wildman–Crippen MR) is 90.1 cm³/mol. The van der Waals surface area contributed by atoms with Gasteiger partial charge in [-0.2, -0.15) is 0 Å². The van der Waals surface area contributed by atoms with Gasteiger partial charge in [0.25, 0.3) is 0 Å². The second-order valence-electron chi connectivity index (χ2n) is 5.09. The molecule has 0 saturated heterocycles. The van der Waals surface area contributed by atoms with Crippen LogP contribution in [0.3, 0.4) is 0 Å². The van der Waals surface area contributed by atoms with Gasteiger partial charge in [0, 0.05) is 11.0 Å². The molecular formula is C17H19BrN2O2. The Balaban J connectivity index is 1.75. The number of aliphatic hydroxyl groups excluding tert-OH is 1. The van der Waals surface area contributed by atoms with E-state index in [0.29, 0.717) is 18.5 Å². The van der Waals surface area contributed by atoms with Crippen LogP contribution in [0.4, 0.5) is 0 Å². The Morgan fingerprint density at radius 2 is 1.68 bits per heavy atom. The monoisotopic (exact) mass is 362 g/mol. The summed E-state index contributed by atoms with van der Waals surface area (Å²) in [6.07, 6.45) is 0.179. The van der Waals surface area contributed by atoms with Gasteiger partial charge in [0.2, 0.25) is 5.91 Å². The molecule has 2 rings (SSSR count). The number of nitrogens with one attached hydrogen (secondary N) is 1. The van der Waals surface area contributed by atoms with Crippen molar-refractivity contribution in [2.45, 2.75) is 19.1 Å². The van der Waals surface area contributed by atoms with E-state index in [1.807, 2.05) is 36.4 Å². The summed E-state index contributed by atoms with van der Waals surface area (Å²) in [4.78, 5) is 11.9. The topological polar surface area (TPSA) is 75.3 Å². The first-order valence-electron chi connectivity index (χ1n) is 7.08. The Labute approximate surface area is 138 Å². The summed E-state index contributed by atoms with van der Waals surface area (Å²) in [6, 6.07) is 15.1. The minimum absolute atomic E-state index is 0.0105. The summed E-state index contributed by atoms with van der Waals surface area (Å²) in [5, 5.41) is 12.1. The molecule has 0 bridgehead atoms. The smallest absolute Gasteiger partial charge is 0.224 e. The molecule has 0 aliphatic carbocycles. The van der Waals surface area contributed by atoms with E-state index in [2.05, 4.69) is 21.2 Å². The van der Waals surface area contributed by atoms with Crippen LogP contribution in [0.25, 0.3) is 0 Å². The molecular weight excluding hydrogens is 344 g/mol. The van der Waals surface area contributed by atoms with E-state index in [1.54, 1.807) is 12.1 Å². The van der Waals surface area contributed by atoms with Crippen LogP contribution in [0.1, 0.15) is 22.9 Å². The van der Waals surface area contributed by atoms with Crippen molar-refractivity contribution in [1.29, 1.82) is 0 Å². The summed E-state index contributed by atoms with van der Waals surface area (Å²) in [5.74, 6) is 0.0105. The molecule has 1 amide bonds. The van der Waals surface area contributed by atoms with Crippen LogP contribution in [-0.2, 0) is 17.6 Å². The maximum absolute atomic E-state index is 11.9. The molecule has 0 fully saturated rings.